The third-order valence-electron chi connectivity index (χ3n) is 5.01. The van der Waals surface area contributed by atoms with Crippen LogP contribution in [0.1, 0.15) is 18.9 Å². The van der Waals surface area contributed by atoms with Crippen LogP contribution in [0.3, 0.4) is 0 Å². The molecule has 1 aromatic carbocycles. The fourth-order valence-electron chi connectivity index (χ4n) is 3.40. The van der Waals surface area contributed by atoms with Crippen LogP contribution in [0.25, 0.3) is 0 Å². The van der Waals surface area contributed by atoms with E-state index in [2.05, 4.69) is 10.6 Å². The average Bonchev–Trinajstić information content (AvgIpc) is 2.68. The number of amides is 3. The number of nitrogens with one attached hydrogen (secondary N) is 2. The van der Waals surface area contributed by atoms with Crippen molar-refractivity contribution in [3.8, 4) is 0 Å². The van der Waals surface area contributed by atoms with Gasteiger partial charge in [-0.05, 0) is 12.0 Å². The number of urea groups is 1. The summed E-state index contributed by atoms with van der Waals surface area (Å²) in [6.07, 6.45) is 0.443. The standard InChI is InChI=1S/C17H23N5O4S/c1-4-12-18-14-13(16(23)21(3)17(24)20(14)2)15(19-12)27-9-10-5-7-11(8-6-10)22(25)26/h5-8,12-15,18-19H,4,9H2,1-3H3. The van der Waals surface area contributed by atoms with Gasteiger partial charge in [0.15, 0.2) is 0 Å². The highest BCUT2D eigenvalue weighted by molar-refractivity contribution is 7.99. The number of carbonyl (C=O) groups excluding carboxylic acids is 2. The molecule has 2 aliphatic heterocycles. The van der Waals surface area contributed by atoms with Gasteiger partial charge >= 0.3 is 6.03 Å². The summed E-state index contributed by atoms with van der Waals surface area (Å²) >= 11 is 1.57. The third-order valence-corrected chi connectivity index (χ3v) is 6.30. The lowest BCUT2D eigenvalue weighted by Gasteiger charge is -2.50. The molecule has 10 heteroatoms. The number of rotatable bonds is 5. The van der Waals surface area contributed by atoms with Crippen molar-refractivity contribution in [3.05, 3.63) is 39.9 Å². The van der Waals surface area contributed by atoms with Gasteiger partial charge in [0.1, 0.15) is 0 Å². The number of hydrogen-bond donors (Lipinski definition) is 2. The first-order chi connectivity index (χ1) is 12.8. The SMILES string of the molecule is CCC1NC(SCc2ccc([N+](=O)[O-])cc2)C2C(=O)N(C)C(=O)N(C)C2N1. The second-order valence-corrected chi connectivity index (χ2v) is 7.84. The first-order valence-electron chi connectivity index (χ1n) is 8.75. The molecule has 0 aromatic heterocycles. The molecule has 146 valence electrons. The molecule has 3 rings (SSSR count). The average molecular weight is 393 g/mol. The molecule has 2 saturated heterocycles. The van der Waals surface area contributed by atoms with Crippen LogP contribution in [-0.4, -0.2) is 58.5 Å². The van der Waals surface area contributed by atoms with Gasteiger partial charge in [0.2, 0.25) is 5.91 Å². The van der Waals surface area contributed by atoms with Crippen molar-refractivity contribution < 1.29 is 14.5 Å². The number of nitrogens with zero attached hydrogens (tertiary/aromatic N) is 3. The Hall–Kier alpha value is -2.17. The highest BCUT2D eigenvalue weighted by atomic mass is 32.2. The monoisotopic (exact) mass is 393 g/mol. The van der Waals surface area contributed by atoms with E-state index >= 15 is 0 Å². The fourth-order valence-corrected chi connectivity index (χ4v) is 4.70. The Bertz CT molecular complexity index is 743. The van der Waals surface area contributed by atoms with Crippen LogP contribution in [0, 0.1) is 16.0 Å². The van der Waals surface area contributed by atoms with Crippen molar-refractivity contribution in [2.45, 2.75) is 36.8 Å². The first kappa shape index (κ1) is 19.6. The van der Waals surface area contributed by atoms with E-state index in [0.717, 1.165) is 16.9 Å². The number of fused-ring (bicyclic) bond motifs is 1. The molecule has 2 fully saturated rings. The number of nitro groups is 1. The summed E-state index contributed by atoms with van der Waals surface area (Å²) in [5.41, 5.74) is 0.996. The molecule has 0 radical (unpaired) electrons. The third kappa shape index (κ3) is 3.78. The van der Waals surface area contributed by atoms with Crippen LogP contribution >= 0.6 is 11.8 Å². The van der Waals surface area contributed by atoms with Gasteiger partial charge in [-0.25, -0.2) is 4.79 Å². The zero-order valence-corrected chi connectivity index (χ0v) is 16.2. The minimum absolute atomic E-state index is 0.00735. The topological polar surface area (TPSA) is 108 Å². The zero-order chi connectivity index (χ0) is 19.7. The van der Waals surface area contributed by atoms with E-state index in [1.165, 1.54) is 19.2 Å². The predicted molar refractivity (Wildman–Crippen MR) is 102 cm³/mol. The molecular formula is C17H23N5O4S. The van der Waals surface area contributed by atoms with Crippen LogP contribution in [0.5, 0.6) is 0 Å². The van der Waals surface area contributed by atoms with Crippen molar-refractivity contribution in [3.63, 3.8) is 0 Å². The number of nitro benzene ring substituents is 1. The summed E-state index contributed by atoms with van der Waals surface area (Å²) in [4.78, 5) is 38.1. The van der Waals surface area contributed by atoms with E-state index in [0.29, 0.717) is 5.75 Å². The number of hydrogen-bond acceptors (Lipinski definition) is 7. The molecule has 1 aromatic rings. The summed E-state index contributed by atoms with van der Waals surface area (Å²) in [5, 5.41) is 17.4. The summed E-state index contributed by atoms with van der Waals surface area (Å²) < 4.78 is 0. The summed E-state index contributed by atoms with van der Waals surface area (Å²) in [6.45, 7) is 2.03. The molecule has 3 amide bonds. The molecule has 0 saturated carbocycles. The molecule has 0 aliphatic carbocycles. The van der Waals surface area contributed by atoms with Crippen LogP contribution in [0.4, 0.5) is 10.5 Å². The molecule has 9 nitrogen and oxygen atoms in total. The molecule has 2 heterocycles. The lowest BCUT2D eigenvalue weighted by Crippen LogP contribution is -2.74. The highest BCUT2D eigenvalue weighted by Gasteiger charge is 2.50. The second-order valence-electron chi connectivity index (χ2n) is 6.71. The smallest absolute Gasteiger partial charge is 0.311 e. The number of non-ortho nitro benzene ring substituents is 1. The summed E-state index contributed by atoms with van der Waals surface area (Å²) in [7, 11) is 3.20. The Morgan fingerprint density at radius 2 is 1.85 bits per heavy atom. The Morgan fingerprint density at radius 1 is 1.19 bits per heavy atom. The molecule has 4 unspecified atom stereocenters. The van der Waals surface area contributed by atoms with Gasteiger partial charge in [-0.3, -0.25) is 30.4 Å². The molecule has 4 atom stereocenters. The summed E-state index contributed by atoms with van der Waals surface area (Å²) in [5.74, 6) is -0.0216. The van der Waals surface area contributed by atoms with E-state index in [1.807, 2.05) is 6.92 Å². The lowest BCUT2D eigenvalue weighted by atomic mass is 9.97. The van der Waals surface area contributed by atoms with Gasteiger partial charge in [-0.2, -0.15) is 0 Å². The van der Waals surface area contributed by atoms with E-state index < -0.39 is 10.8 Å². The van der Waals surface area contributed by atoms with Crippen LogP contribution in [-0.2, 0) is 10.5 Å². The number of benzene rings is 1. The Balaban J connectivity index is 1.76. The van der Waals surface area contributed by atoms with Crippen LogP contribution in [0.2, 0.25) is 0 Å². The van der Waals surface area contributed by atoms with Gasteiger partial charge in [0.05, 0.1) is 28.5 Å². The quantitative estimate of drug-likeness (QED) is 0.577. The molecule has 2 aliphatic rings. The van der Waals surface area contributed by atoms with Crippen molar-refractivity contribution in [2.75, 3.05) is 14.1 Å². The number of imide groups is 1. The largest absolute Gasteiger partial charge is 0.327 e. The van der Waals surface area contributed by atoms with E-state index in [4.69, 9.17) is 0 Å². The van der Waals surface area contributed by atoms with Crippen LogP contribution < -0.4 is 10.6 Å². The molecule has 0 bridgehead atoms. The molecule has 27 heavy (non-hydrogen) atoms. The van der Waals surface area contributed by atoms with Crippen molar-refractivity contribution in [1.82, 2.24) is 20.4 Å². The van der Waals surface area contributed by atoms with Gasteiger partial charge in [0.25, 0.3) is 5.69 Å². The number of carbonyl (C=O) groups is 2. The Morgan fingerprint density at radius 3 is 2.44 bits per heavy atom. The minimum Gasteiger partial charge on any atom is -0.311 e. The maximum Gasteiger partial charge on any atom is 0.327 e. The maximum atomic E-state index is 12.8. The van der Waals surface area contributed by atoms with Gasteiger partial charge in [-0.15, -0.1) is 11.8 Å². The van der Waals surface area contributed by atoms with Gasteiger partial charge in [-0.1, -0.05) is 19.1 Å². The van der Waals surface area contributed by atoms with Crippen molar-refractivity contribution in [2.24, 2.45) is 5.92 Å². The van der Waals surface area contributed by atoms with E-state index in [-0.39, 0.29) is 35.3 Å². The first-order valence-corrected chi connectivity index (χ1v) is 9.79. The summed E-state index contributed by atoms with van der Waals surface area (Å²) in [6, 6.07) is 6.10. The van der Waals surface area contributed by atoms with Crippen LogP contribution in [0.15, 0.2) is 24.3 Å². The molecule has 0 spiro atoms. The van der Waals surface area contributed by atoms with E-state index in [9.17, 15) is 19.7 Å². The van der Waals surface area contributed by atoms with Crippen molar-refractivity contribution >= 4 is 29.4 Å². The molecular weight excluding hydrogens is 370 g/mol. The van der Waals surface area contributed by atoms with Gasteiger partial charge in [0, 0.05) is 32.0 Å². The predicted octanol–water partition coefficient (Wildman–Crippen LogP) is 1.55. The minimum atomic E-state index is -0.425. The number of thioether (sulfide) groups is 1. The Labute approximate surface area is 161 Å². The lowest BCUT2D eigenvalue weighted by molar-refractivity contribution is -0.384. The van der Waals surface area contributed by atoms with Gasteiger partial charge < -0.3 is 4.90 Å². The Kier molecular flexibility index (Phi) is 5.68. The van der Waals surface area contributed by atoms with E-state index in [1.54, 1.807) is 35.8 Å². The zero-order valence-electron chi connectivity index (χ0n) is 15.4. The fraction of sp³-hybridized carbons (Fsp3) is 0.529. The molecule has 2 N–H and O–H groups in total. The van der Waals surface area contributed by atoms with Crippen molar-refractivity contribution in [1.29, 1.82) is 0 Å². The normalized spacial score (nSPS) is 28.3. The second kappa shape index (κ2) is 7.83. The highest BCUT2D eigenvalue weighted by Crippen LogP contribution is 2.33. The maximum absolute atomic E-state index is 12.8.